The minimum absolute atomic E-state index is 0.0260. The fourth-order valence-corrected chi connectivity index (χ4v) is 3.54. The van der Waals surface area contributed by atoms with Gasteiger partial charge in [0.25, 0.3) is 10.0 Å². The van der Waals surface area contributed by atoms with E-state index in [1.165, 1.54) is 24.3 Å². The number of anilines is 1. The van der Waals surface area contributed by atoms with Gasteiger partial charge in [-0.2, -0.15) is 0 Å². The third-order valence-corrected chi connectivity index (χ3v) is 5.56. The molecule has 2 aromatic carbocycles. The zero-order valence-corrected chi connectivity index (χ0v) is 14.6. The molecule has 0 aromatic heterocycles. The molecule has 0 aliphatic carbocycles. The van der Waals surface area contributed by atoms with E-state index in [1.807, 2.05) is 0 Å². The molecule has 0 saturated carbocycles. The van der Waals surface area contributed by atoms with Gasteiger partial charge in [0.1, 0.15) is 12.4 Å². The third kappa shape index (κ3) is 4.59. The number of benzene rings is 2. The molecule has 0 bridgehead atoms. The number of hydrogen-bond donors (Lipinski definition) is 1. The number of sulfonamides is 1. The van der Waals surface area contributed by atoms with Crippen molar-refractivity contribution in [3.05, 3.63) is 61.2 Å². The molecule has 0 atom stereocenters. The van der Waals surface area contributed by atoms with Crippen LogP contribution in [0.15, 0.2) is 71.0 Å². The van der Waals surface area contributed by atoms with Crippen LogP contribution >= 0.6 is 0 Å². The van der Waals surface area contributed by atoms with E-state index in [0.717, 1.165) is 6.26 Å². The van der Waals surface area contributed by atoms with Gasteiger partial charge < -0.3 is 4.74 Å². The van der Waals surface area contributed by atoms with Gasteiger partial charge in [-0.1, -0.05) is 12.7 Å². The predicted molar refractivity (Wildman–Crippen MR) is 92.5 cm³/mol. The van der Waals surface area contributed by atoms with E-state index in [0.29, 0.717) is 18.0 Å². The van der Waals surface area contributed by atoms with E-state index >= 15 is 0 Å². The lowest BCUT2D eigenvalue weighted by atomic mass is 10.3. The van der Waals surface area contributed by atoms with Crippen LogP contribution < -0.4 is 9.46 Å². The zero-order chi connectivity index (χ0) is 17.8. The molecule has 2 rings (SSSR count). The van der Waals surface area contributed by atoms with Crippen molar-refractivity contribution >= 4 is 25.5 Å². The molecule has 24 heavy (non-hydrogen) atoms. The molecule has 0 saturated heterocycles. The normalized spacial score (nSPS) is 11.7. The average molecular weight is 367 g/mol. The summed E-state index contributed by atoms with van der Waals surface area (Å²) in [6, 6.07) is 11.4. The smallest absolute Gasteiger partial charge is 0.261 e. The second-order valence-corrected chi connectivity index (χ2v) is 8.67. The van der Waals surface area contributed by atoms with Gasteiger partial charge in [-0.3, -0.25) is 4.72 Å². The maximum atomic E-state index is 12.3. The quantitative estimate of drug-likeness (QED) is 0.759. The summed E-state index contributed by atoms with van der Waals surface area (Å²) in [7, 11) is -7.18. The summed E-state index contributed by atoms with van der Waals surface area (Å²) in [6.07, 6.45) is 2.67. The van der Waals surface area contributed by atoms with Crippen LogP contribution in [-0.2, 0) is 19.9 Å². The van der Waals surface area contributed by atoms with Crippen molar-refractivity contribution in [1.29, 1.82) is 0 Å². The summed E-state index contributed by atoms with van der Waals surface area (Å²) < 4.78 is 55.2. The molecule has 0 radical (unpaired) electrons. The zero-order valence-electron chi connectivity index (χ0n) is 13.0. The molecular formula is C16H17NO5S2. The van der Waals surface area contributed by atoms with Crippen LogP contribution in [0.1, 0.15) is 0 Å². The Hall–Kier alpha value is -2.32. The maximum absolute atomic E-state index is 12.3. The van der Waals surface area contributed by atoms with E-state index in [9.17, 15) is 16.8 Å². The Labute approximate surface area is 141 Å². The van der Waals surface area contributed by atoms with E-state index in [1.54, 1.807) is 30.3 Å². The van der Waals surface area contributed by atoms with Gasteiger partial charge in [0.05, 0.1) is 9.79 Å². The van der Waals surface area contributed by atoms with Gasteiger partial charge in [-0.15, -0.1) is 0 Å². The van der Waals surface area contributed by atoms with Crippen LogP contribution in [0.4, 0.5) is 5.69 Å². The molecule has 2 aromatic rings. The van der Waals surface area contributed by atoms with Crippen LogP contribution in [-0.4, -0.2) is 29.7 Å². The first kappa shape index (κ1) is 18.0. The number of sulfone groups is 1. The summed E-state index contributed by atoms with van der Waals surface area (Å²) >= 11 is 0. The Bertz CT molecular complexity index is 915. The molecule has 128 valence electrons. The van der Waals surface area contributed by atoms with Crippen molar-refractivity contribution < 1.29 is 21.6 Å². The largest absolute Gasteiger partial charge is 0.490 e. The van der Waals surface area contributed by atoms with E-state index in [2.05, 4.69) is 11.3 Å². The summed E-state index contributed by atoms with van der Waals surface area (Å²) in [5, 5.41) is 0. The van der Waals surface area contributed by atoms with Crippen molar-refractivity contribution in [2.24, 2.45) is 0 Å². The molecule has 0 amide bonds. The summed E-state index contributed by atoms with van der Waals surface area (Å²) in [6.45, 7) is 3.90. The number of hydrogen-bond acceptors (Lipinski definition) is 5. The SMILES string of the molecule is C=CCOc1ccc(NS(=O)(=O)c2ccc(S(C)(=O)=O)cc2)cc1. The third-order valence-electron chi connectivity index (χ3n) is 3.04. The van der Waals surface area contributed by atoms with Gasteiger partial charge >= 0.3 is 0 Å². The van der Waals surface area contributed by atoms with Crippen molar-refractivity contribution in [2.75, 3.05) is 17.6 Å². The van der Waals surface area contributed by atoms with Gasteiger partial charge in [-0.05, 0) is 48.5 Å². The second-order valence-electron chi connectivity index (χ2n) is 4.97. The molecule has 0 unspecified atom stereocenters. The predicted octanol–water partition coefficient (Wildman–Crippen LogP) is 2.46. The summed E-state index contributed by atoms with van der Waals surface area (Å²) in [4.78, 5) is 0.0343. The number of ether oxygens (including phenoxy) is 1. The van der Waals surface area contributed by atoms with Crippen LogP contribution in [0.3, 0.4) is 0 Å². The second kappa shape index (κ2) is 7.06. The number of rotatable bonds is 7. The Morgan fingerprint density at radius 3 is 2.00 bits per heavy atom. The average Bonchev–Trinajstić information content (AvgIpc) is 2.53. The molecular weight excluding hydrogens is 350 g/mol. The van der Waals surface area contributed by atoms with Gasteiger partial charge in [0, 0.05) is 11.9 Å². The minimum Gasteiger partial charge on any atom is -0.490 e. The van der Waals surface area contributed by atoms with Crippen molar-refractivity contribution in [2.45, 2.75) is 9.79 Å². The summed E-state index contributed by atoms with van der Waals surface area (Å²) in [5.74, 6) is 0.593. The molecule has 0 aliphatic heterocycles. The van der Waals surface area contributed by atoms with Crippen molar-refractivity contribution in [3.63, 3.8) is 0 Å². The molecule has 8 heteroatoms. The van der Waals surface area contributed by atoms with Gasteiger partial charge in [0.2, 0.25) is 0 Å². The Kier molecular flexibility index (Phi) is 5.30. The highest BCUT2D eigenvalue weighted by molar-refractivity contribution is 7.92. The molecule has 0 aliphatic rings. The standard InChI is InChI=1S/C16H17NO5S2/c1-3-12-22-14-6-4-13(5-7-14)17-24(20,21)16-10-8-15(9-11-16)23(2,18)19/h3-11,17H,1,12H2,2H3. The molecule has 1 N–H and O–H groups in total. The first-order valence-corrected chi connectivity index (χ1v) is 10.3. The Morgan fingerprint density at radius 2 is 1.50 bits per heavy atom. The van der Waals surface area contributed by atoms with Crippen LogP contribution in [0.2, 0.25) is 0 Å². The number of nitrogens with one attached hydrogen (secondary N) is 1. The molecule has 6 nitrogen and oxygen atoms in total. The van der Waals surface area contributed by atoms with E-state index < -0.39 is 19.9 Å². The fourth-order valence-electron chi connectivity index (χ4n) is 1.85. The van der Waals surface area contributed by atoms with Gasteiger partial charge in [0.15, 0.2) is 9.84 Å². The van der Waals surface area contributed by atoms with Crippen molar-refractivity contribution in [3.8, 4) is 5.75 Å². The van der Waals surface area contributed by atoms with Crippen molar-refractivity contribution in [1.82, 2.24) is 0 Å². The monoisotopic (exact) mass is 367 g/mol. The van der Waals surface area contributed by atoms with E-state index in [-0.39, 0.29) is 9.79 Å². The first-order chi connectivity index (χ1) is 11.2. The lowest BCUT2D eigenvalue weighted by molar-refractivity contribution is 0.363. The highest BCUT2D eigenvalue weighted by atomic mass is 32.2. The highest BCUT2D eigenvalue weighted by Crippen LogP contribution is 2.20. The lowest BCUT2D eigenvalue weighted by Gasteiger charge is -2.09. The molecule has 0 heterocycles. The Morgan fingerprint density at radius 1 is 0.958 bits per heavy atom. The Balaban J connectivity index is 2.17. The van der Waals surface area contributed by atoms with Crippen LogP contribution in [0.5, 0.6) is 5.75 Å². The maximum Gasteiger partial charge on any atom is 0.261 e. The topological polar surface area (TPSA) is 89.5 Å². The highest BCUT2D eigenvalue weighted by Gasteiger charge is 2.15. The van der Waals surface area contributed by atoms with Crippen LogP contribution in [0, 0.1) is 0 Å². The molecule has 0 spiro atoms. The fraction of sp³-hybridized carbons (Fsp3) is 0.125. The summed E-state index contributed by atoms with van der Waals surface area (Å²) in [5.41, 5.74) is 0.369. The lowest BCUT2D eigenvalue weighted by Crippen LogP contribution is -2.13. The van der Waals surface area contributed by atoms with Gasteiger partial charge in [-0.25, -0.2) is 16.8 Å². The van der Waals surface area contributed by atoms with E-state index in [4.69, 9.17) is 4.74 Å². The molecule has 0 fully saturated rings. The van der Waals surface area contributed by atoms with Crippen LogP contribution in [0.25, 0.3) is 0 Å². The minimum atomic E-state index is -3.81. The first-order valence-electron chi connectivity index (χ1n) is 6.89.